The van der Waals surface area contributed by atoms with Crippen molar-refractivity contribution in [2.75, 3.05) is 46.0 Å². The average molecular weight is 860 g/mol. The van der Waals surface area contributed by atoms with Crippen molar-refractivity contribution in [3.63, 3.8) is 0 Å². The number of nitriles is 2. The van der Waals surface area contributed by atoms with Crippen LogP contribution in [0.3, 0.4) is 0 Å². The number of nitrogens with zero attached hydrogens (tertiary/aromatic N) is 6. The number of hydrogen-bond donors (Lipinski definition) is 3. The molecule has 0 aliphatic carbocycles. The molecule has 1 amide bonds. The van der Waals surface area contributed by atoms with Crippen molar-refractivity contribution in [1.82, 2.24) is 20.0 Å². The molecule has 3 fully saturated rings. The van der Waals surface area contributed by atoms with Crippen LogP contribution in [0, 0.1) is 45.1 Å². The number of benzene rings is 4. The molecule has 1 unspecified atom stereocenters. The fourth-order valence-electron chi connectivity index (χ4n) is 7.81. The van der Waals surface area contributed by atoms with Gasteiger partial charge in [0.05, 0.1) is 35.8 Å². The number of hydrogen-bond acceptors (Lipinski definition) is 12. The van der Waals surface area contributed by atoms with Gasteiger partial charge in [-0.25, -0.2) is 18.3 Å². The number of fused-ring (bicyclic) bond motifs is 2. The smallest absolute Gasteiger partial charge is 0.410 e. The number of carbonyl (C=O) groups excluding carboxylic acids is 1. The number of nitrogens with one attached hydrogen (secondary N) is 1. The van der Waals surface area contributed by atoms with E-state index < -0.39 is 39.9 Å². The quantitative estimate of drug-likeness (QED) is 0.130. The van der Waals surface area contributed by atoms with E-state index in [4.69, 9.17) is 18.9 Å². The third-order valence-electron chi connectivity index (χ3n) is 11.4. The van der Waals surface area contributed by atoms with Crippen molar-refractivity contribution in [2.24, 2.45) is 15.8 Å². The maximum atomic E-state index is 14.2. The van der Waals surface area contributed by atoms with Crippen LogP contribution in [0.25, 0.3) is 33.2 Å². The first kappa shape index (κ1) is 42.9. The van der Waals surface area contributed by atoms with Gasteiger partial charge in [-0.05, 0) is 116 Å². The molecule has 4 aliphatic heterocycles. The Kier molecular flexibility index (Phi) is 11.7. The second-order valence-electron chi connectivity index (χ2n) is 17.5. The average Bonchev–Trinajstić information content (AvgIpc) is 3.90. The lowest BCUT2D eigenvalue weighted by molar-refractivity contribution is -0.0366. The molecule has 3 saturated heterocycles. The summed E-state index contributed by atoms with van der Waals surface area (Å²) in [6.45, 7) is 8.54. The molecule has 0 radical (unpaired) electrons. The van der Waals surface area contributed by atoms with Crippen LogP contribution in [-0.2, 0) is 16.0 Å². The Bertz CT molecular complexity index is 2670. The molecule has 4 aromatic carbocycles. The Morgan fingerprint density at radius 3 is 2.11 bits per heavy atom. The molecular weight excluding hydrogens is 813 g/mol. The molecule has 3 N–H and O–H groups in total. The number of rotatable bonds is 9. The number of aromatic nitrogens is 2. The number of amides is 1. The highest BCUT2D eigenvalue weighted by atomic mass is 19.1. The van der Waals surface area contributed by atoms with Gasteiger partial charge in [-0.3, -0.25) is 4.99 Å². The molecule has 63 heavy (non-hydrogen) atoms. The summed E-state index contributed by atoms with van der Waals surface area (Å²) >= 11 is 0. The highest BCUT2D eigenvalue weighted by molar-refractivity contribution is 5.91. The number of phenolic OH excluding ortho intramolecular Hbond substituents is 2. The van der Waals surface area contributed by atoms with Crippen LogP contribution in [0.5, 0.6) is 23.0 Å². The number of carbonyl (C=O) groups is 1. The molecule has 4 aliphatic rings. The minimum Gasteiger partial charge on any atom is -0.505 e. The summed E-state index contributed by atoms with van der Waals surface area (Å²) in [5.74, 6) is -1.07. The molecule has 0 bridgehead atoms. The zero-order chi connectivity index (χ0) is 44.5. The van der Waals surface area contributed by atoms with Crippen LogP contribution in [0.2, 0.25) is 0 Å². The minimum atomic E-state index is -0.883. The summed E-state index contributed by atoms with van der Waals surface area (Å²) < 4.78 is 53.3. The van der Waals surface area contributed by atoms with Gasteiger partial charge in [-0.2, -0.15) is 15.6 Å². The van der Waals surface area contributed by atoms with Gasteiger partial charge < -0.3 is 39.4 Å². The lowest BCUT2D eigenvalue weighted by atomic mass is 9.82. The zero-order valence-corrected chi connectivity index (χ0v) is 35.2. The summed E-state index contributed by atoms with van der Waals surface area (Å²) in [6.07, 6.45) is 5.63. The predicted molar refractivity (Wildman–Crippen MR) is 228 cm³/mol. The normalized spacial score (nSPS) is 18.1. The molecule has 16 heteroatoms. The monoisotopic (exact) mass is 859 g/mol. The lowest BCUT2D eigenvalue weighted by Gasteiger charge is -2.45. The molecule has 0 saturated carbocycles. The van der Waals surface area contributed by atoms with Crippen LogP contribution in [0.4, 0.5) is 13.6 Å². The number of halogens is 2. The van der Waals surface area contributed by atoms with Gasteiger partial charge in [-0.1, -0.05) is 12.1 Å². The number of aliphatic imine (C=N–C) groups is 1. The molecule has 1 atom stereocenters. The summed E-state index contributed by atoms with van der Waals surface area (Å²) in [5.41, 5.74) is 3.31. The van der Waals surface area contributed by atoms with Gasteiger partial charge in [0, 0.05) is 44.6 Å². The van der Waals surface area contributed by atoms with Gasteiger partial charge >= 0.3 is 6.09 Å². The van der Waals surface area contributed by atoms with Crippen LogP contribution in [0.1, 0.15) is 57.4 Å². The van der Waals surface area contributed by atoms with Gasteiger partial charge in [0.2, 0.25) is 0 Å². The number of phenols is 2. The van der Waals surface area contributed by atoms with E-state index in [0.717, 1.165) is 46.9 Å². The van der Waals surface area contributed by atoms with Crippen LogP contribution < -0.4 is 14.8 Å². The highest BCUT2D eigenvalue weighted by Crippen LogP contribution is 2.39. The van der Waals surface area contributed by atoms with E-state index in [2.05, 4.69) is 27.5 Å². The molecule has 326 valence electrons. The summed E-state index contributed by atoms with van der Waals surface area (Å²) in [7, 11) is 0. The van der Waals surface area contributed by atoms with Gasteiger partial charge in [-0.15, -0.1) is 0 Å². The summed E-state index contributed by atoms with van der Waals surface area (Å²) in [4.78, 5) is 18.2. The summed E-state index contributed by atoms with van der Waals surface area (Å²) in [5, 5.41) is 46.7. The Morgan fingerprint density at radius 2 is 1.52 bits per heavy atom. The van der Waals surface area contributed by atoms with E-state index in [1.165, 1.54) is 29.2 Å². The SMILES string of the molecule is CC(C)(C)OC(=O)N1CC(C#N)(COc2cc(-c3ccc(O)c(F)c3)cc3c2cnn3C2CCCCO2)C1.N#CC1(COc2cc(-c3ccc(O)c(F)c3)cc3c2C=NC3)CNC1. The molecular formula is C47H47F2N7O7. The minimum absolute atomic E-state index is 0.0520. The molecule has 14 nitrogen and oxygen atoms in total. The maximum Gasteiger partial charge on any atom is 0.410 e. The van der Waals surface area contributed by atoms with Crippen LogP contribution >= 0.6 is 0 Å². The van der Waals surface area contributed by atoms with Crippen molar-refractivity contribution in [3.8, 4) is 57.4 Å². The standard InChI is InChI=1S/C28H31FN4O5.C19H16FN3O2/c1-27(2,3)38-26(35)32-15-28(14-30,16-32)17-37-24-12-19(18-7-8-23(34)21(29)10-18)11-22-20(24)13-31-33(22)25-6-4-5-9-36-25;20-16-4-12(1-2-17(16)24)13-3-14-6-22-7-15(14)18(5-13)25-11-19(8-21)9-23-10-19/h7-8,10-13,25,34H,4-6,9,15-17H2,1-3H3;1-5,7,23-24H,6,9-11H2. The van der Waals surface area contributed by atoms with E-state index in [-0.39, 0.29) is 31.7 Å². The Morgan fingerprint density at radius 1 is 0.889 bits per heavy atom. The Labute approximate surface area is 362 Å². The molecule has 1 aromatic heterocycles. The third kappa shape index (κ3) is 9.09. The first-order chi connectivity index (χ1) is 30.2. The van der Waals surface area contributed by atoms with Gasteiger partial charge in [0.15, 0.2) is 29.4 Å². The van der Waals surface area contributed by atoms with Crippen molar-refractivity contribution in [3.05, 3.63) is 89.6 Å². The zero-order valence-electron chi connectivity index (χ0n) is 35.2. The Hall–Kier alpha value is -6.75. The largest absolute Gasteiger partial charge is 0.505 e. The first-order valence-corrected chi connectivity index (χ1v) is 20.7. The van der Waals surface area contributed by atoms with Crippen molar-refractivity contribution in [1.29, 1.82) is 10.5 Å². The third-order valence-corrected chi connectivity index (χ3v) is 11.4. The Balaban J connectivity index is 0.000000188. The lowest BCUT2D eigenvalue weighted by Crippen LogP contribution is -2.61. The van der Waals surface area contributed by atoms with Crippen molar-refractivity contribution in [2.45, 2.75) is 58.4 Å². The van der Waals surface area contributed by atoms with E-state index in [9.17, 15) is 34.3 Å². The molecule has 0 spiro atoms. The topological polar surface area (TPSA) is 187 Å². The van der Waals surface area contributed by atoms with E-state index in [1.807, 2.05) is 22.9 Å². The van der Waals surface area contributed by atoms with E-state index >= 15 is 0 Å². The van der Waals surface area contributed by atoms with Crippen molar-refractivity contribution >= 4 is 23.2 Å². The highest BCUT2D eigenvalue weighted by Gasteiger charge is 2.48. The van der Waals surface area contributed by atoms with Crippen LogP contribution in [-0.4, -0.2) is 88.8 Å². The van der Waals surface area contributed by atoms with Crippen LogP contribution in [0.15, 0.2) is 71.9 Å². The van der Waals surface area contributed by atoms with Crippen molar-refractivity contribution < 1.29 is 42.7 Å². The van der Waals surface area contributed by atoms with Gasteiger partial charge in [0.1, 0.15) is 41.1 Å². The predicted octanol–water partition coefficient (Wildman–Crippen LogP) is 8.01. The molecule has 5 heterocycles. The molecule has 9 rings (SSSR count). The number of ether oxygens (including phenoxy) is 4. The van der Waals surface area contributed by atoms with E-state index in [1.54, 1.807) is 51.4 Å². The summed E-state index contributed by atoms with van der Waals surface area (Å²) in [6, 6.07) is 20.6. The van der Waals surface area contributed by atoms with Gasteiger partial charge in [0.25, 0.3) is 0 Å². The molecule has 5 aromatic rings. The van der Waals surface area contributed by atoms with E-state index in [0.29, 0.717) is 61.0 Å². The second-order valence-corrected chi connectivity index (χ2v) is 17.5. The fourth-order valence-corrected chi connectivity index (χ4v) is 7.81. The number of aromatic hydroxyl groups is 2. The fraction of sp³-hybridized carbons (Fsp3) is 0.383. The number of likely N-dealkylation sites (tertiary alicyclic amines) is 1. The maximum absolute atomic E-state index is 14.2. The first-order valence-electron chi connectivity index (χ1n) is 20.7. The second kappa shape index (κ2) is 17.2.